The van der Waals surface area contributed by atoms with Crippen molar-refractivity contribution in [2.45, 2.75) is 25.5 Å². The standard InChI is InChI=1S/C17H17ClFNO/c1-20-17-7-2-11-9-14(4-5-15(11)17)21-10-12-8-13(19)3-6-16(12)18/h3-6,8-9,17,20H,2,7,10H2,1H3. The molecule has 0 amide bonds. The van der Waals surface area contributed by atoms with Crippen LogP contribution in [0.15, 0.2) is 36.4 Å². The Morgan fingerprint density at radius 3 is 2.95 bits per heavy atom. The SMILES string of the molecule is CNC1CCc2cc(OCc3cc(F)ccc3Cl)ccc21. The summed E-state index contributed by atoms with van der Waals surface area (Å²) in [6.45, 7) is 0.269. The molecule has 0 aromatic heterocycles. The number of fused-ring (bicyclic) bond motifs is 1. The van der Waals surface area contributed by atoms with Crippen LogP contribution in [0.2, 0.25) is 5.02 Å². The summed E-state index contributed by atoms with van der Waals surface area (Å²) in [6.07, 6.45) is 2.17. The molecule has 0 bridgehead atoms. The smallest absolute Gasteiger partial charge is 0.123 e. The minimum absolute atomic E-state index is 0.269. The first kappa shape index (κ1) is 14.4. The zero-order valence-electron chi connectivity index (χ0n) is 11.8. The maximum atomic E-state index is 13.2. The van der Waals surface area contributed by atoms with E-state index in [1.807, 2.05) is 13.1 Å². The quantitative estimate of drug-likeness (QED) is 0.911. The van der Waals surface area contributed by atoms with E-state index in [1.165, 1.54) is 23.3 Å². The van der Waals surface area contributed by atoms with E-state index in [-0.39, 0.29) is 12.4 Å². The molecular formula is C17H17ClFNO. The van der Waals surface area contributed by atoms with Gasteiger partial charge in [-0.2, -0.15) is 0 Å². The lowest BCUT2D eigenvalue weighted by atomic mass is 10.1. The van der Waals surface area contributed by atoms with Crippen LogP contribution in [-0.2, 0) is 13.0 Å². The van der Waals surface area contributed by atoms with E-state index in [2.05, 4.69) is 17.4 Å². The van der Waals surface area contributed by atoms with Gasteiger partial charge in [-0.05, 0) is 61.3 Å². The molecule has 3 rings (SSSR count). The second kappa shape index (κ2) is 6.04. The molecule has 0 spiro atoms. The zero-order valence-corrected chi connectivity index (χ0v) is 12.6. The lowest BCUT2D eigenvalue weighted by molar-refractivity contribution is 0.305. The predicted molar refractivity (Wildman–Crippen MR) is 82.3 cm³/mol. The summed E-state index contributed by atoms with van der Waals surface area (Å²) in [5.74, 6) is 0.495. The first-order valence-corrected chi connectivity index (χ1v) is 7.42. The summed E-state index contributed by atoms with van der Waals surface area (Å²) < 4.78 is 19.0. The van der Waals surface area contributed by atoms with Crippen LogP contribution in [0.4, 0.5) is 4.39 Å². The van der Waals surface area contributed by atoms with Crippen LogP contribution in [0.3, 0.4) is 0 Å². The Labute approximate surface area is 128 Å². The predicted octanol–water partition coefficient (Wildman–Crippen LogP) is 4.26. The molecule has 0 aliphatic heterocycles. The Morgan fingerprint density at radius 1 is 1.29 bits per heavy atom. The van der Waals surface area contributed by atoms with Crippen LogP contribution in [0.5, 0.6) is 5.75 Å². The number of benzene rings is 2. The lowest BCUT2D eigenvalue weighted by Crippen LogP contribution is -2.12. The number of nitrogens with one attached hydrogen (secondary N) is 1. The molecule has 0 saturated heterocycles. The van der Waals surface area contributed by atoms with Gasteiger partial charge in [0.2, 0.25) is 0 Å². The van der Waals surface area contributed by atoms with E-state index < -0.39 is 0 Å². The topological polar surface area (TPSA) is 21.3 Å². The average molecular weight is 306 g/mol. The highest BCUT2D eigenvalue weighted by Gasteiger charge is 2.21. The summed E-state index contributed by atoms with van der Waals surface area (Å²) in [7, 11) is 1.98. The van der Waals surface area contributed by atoms with E-state index >= 15 is 0 Å². The Hall–Kier alpha value is -1.58. The van der Waals surface area contributed by atoms with Gasteiger partial charge in [0.25, 0.3) is 0 Å². The fraction of sp³-hybridized carbons (Fsp3) is 0.294. The molecule has 0 radical (unpaired) electrons. The highest BCUT2D eigenvalue weighted by Crippen LogP contribution is 2.33. The summed E-state index contributed by atoms with van der Waals surface area (Å²) in [6, 6.07) is 10.9. The third-order valence-corrected chi connectivity index (χ3v) is 4.31. The number of hydrogen-bond acceptors (Lipinski definition) is 2. The van der Waals surface area contributed by atoms with Gasteiger partial charge in [0.05, 0.1) is 0 Å². The van der Waals surface area contributed by atoms with Crippen molar-refractivity contribution in [3.05, 3.63) is 63.9 Å². The molecule has 1 N–H and O–H groups in total. The summed E-state index contributed by atoms with van der Waals surface area (Å²) in [5, 5.41) is 3.83. The van der Waals surface area contributed by atoms with Crippen LogP contribution in [0, 0.1) is 5.82 Å². The van der Waals surface area contributed by atoms with Crippen molar-refractivity contribution in [2.24, 2.45) is 0 Å². The minimum Gasteiger partial charge on any atom is -0.489 e. The monoisotopic (exact) mass is 305 g/mol. The van der Waals surface area contributed by atoms with Gasteiger partial charge in [-0.1, -0.05) is 17.7 Å². The first-order chi connectivity index (χ1) is 10.2. The van der Waals surface area contributed by atoms with E-state index in [0.717, 1.165) is 18.6 Å². The van der Waals surface area contributed by atoms with Gasteiger partial charge in [-0.15, -0.1) is 0 Å². The lowest BCUT2D eigenvalue weighted by Gasteiger charge is -2.12. The van der Waals surface area contributed by atoms with Crippen molar-refractivity contribution < 1.29 is 9.13 Å². The van der Waals surface area contributed by atoms with Gasteiger partial charge >= 0.3 is 0 Å². The molecule has 1 atom stereocenters. The normalized spacial score (nSPS) is 16.8. The second-order valence-corrected chi connectivity index (χ2v) is 5.67. The van der Waals surface area contributed by atoms with Gasteiger partial charge in [0.1, 0.15) is 18.2 Å². The number of halogens is 2. The molecule has 21 heavy (non-hydrogen) atoms. The van der Waals surface area contributed by atoms with Crippen LogP contribution in [0.1, 0.15) is 29.2 Å². The molecule has 2 aromatic carbocycles. The molecule has 4 heteroatoms. The van der Waals surface area contributed by atoms with Crippen molar-refractivity contribution >= 4 is 11.6 Å². The van der Waals surface area contributed by atoms with E-state index in [4.69, 9.17) is 16.3 Å². The number of aryl methyl sites for hydroxylation is 1. The van der Waals surface area contributed by atoms with Crippen molar-refractivity contribution in [2.75, 3.05) is 7.05 Å². The first-order valence-electron chi connectivity index (χ1n) is 7.04. The van der Waals surface area contributed by atoms with E-state index in [9.17, 15) is 4.39 Å². The largest absolute Gasteiger partial charge is 0.489 e. The van der Waals surface area contributed by atoms with Crippen molar-refractivity contribution in [3.8, 4) is 5.75 Å². The molecule has 0 fully saturated rings. The van der Waals surface area contributed by atoms with Crippen molar-refractivity contribution in [1.82, 2.24) is 5.32 Å². The van der Waals surface area contributed by atoms with Crippen molar-refractivity contribution in [3.63, 3.8) is 0 Å². The van der Waals surface area contributed by atoms with Gasteiger partial charge in [0, 0.05) is 16.6 Å². The molecule has 0 saturated carbocycles. The van der Waals surface area contributed by atoms with Gasteiger partial charge < -0.3 is 10.1 Å². The average Bonchev–Trinajstić information content (AvgIpc) is 2.90. The van der Waals surface area contributed by atoms with E-state index in [0.29, 0.717) is 16.6 Å². The van der Waals surface area contributed by atoms with E-state index in [1.54, 1.807) is 6.07 Å². The zero-order chi connectivity index (χ0) is 14.8. The molecular weight excluding hydrogens is 289 g/mol. The van der Waals surface area contributed by atoms with Gasteiger partial charge in [-0.25, -0.2) is 4.39 Å². The number of ether oxygens (including phenoxy) is 1. The van der Waals surface area contributed by atoms with Gasteiger partial charge in [0.15, 0.2) is 0 Å². The van der Waals surface area contributed by atoms with Crippen LogP contribution in [-0.4, -0.2) is 7.05 Å². The van der Waals surface area contributed by atoms with Crippen molar-refractivity contribution in [1.29, 1.82) is 0 Å². The van der Waals surface area contributed by atoms with Gasteiger partial charge in [-0.3, -0.25) is 0 Å². The minimum atomic E-state index is -0.302. The summed E-state index contributed by atoms with van der Waals surface area (Å²) >= 11 is 6.04. The summed E-state index contributed by atoms with van der Waals surface area (Å²) in [4.78, 5) is 0. The Morgan fingerprint density at radius 2 is 2.14 bits per heavy atom. The fourth-order valence-corrected chi connectivity index (χ4v) is 2.97. The second-order valence-electron chi connectivity index (χ2n) is 5.26. The Bertz CT molecular complexity index is 659. The van der Waals surface area contributed by atoms with Crippen LogP contribution in [0.25, 0.3) is 0 Å². The molecule has 2 aromatic rings. The molecule has 1 aliphatic rings. The fourth-order valence-electron chi connectivity index (χ4n) is 2.80. The number of rotatable bonds is 4. The summed E-state index contributed by atoms with van der Waals surface area (Å²) in [5.41, 5.74) is 3.32. The third kappa shape index (κ3) is 3.04. The Kier molecular flexibility index (Phi) is 4.13. The highest BCUT2D eigenvalue weighted by atomic mass is 35.5. The van der Waals surface area contributed by atoms with Crippen LogP contribution < -0.4 is 10.1 Å². The maximum Gasteiger partial charge on any atom is 0.123 e. The Balaban J connectivity index is 1.73. The maximum absolute atomic E-state index is 13.2. The molecule has 2 nitrogen and oxygen atoms in total. The molecule has 1 aliphatic carbocycles. The highest BCUT2D eigenvalue weighted by molar-refractivity contribution is 6.31. The molecule has 1 unspecified atom stereocenters. The molecule has 110 valence electrons. The number of hydrogen-bond donors (Lipinski definition) is 1. The molecule has 0 heterocycles. The third-order valence-electron chi connectivity index (χ3n) is 3.94. The van der Waals surface area contributed by atoms with Crippen LogP contribution >= 0.6 is 11.6 Å².